The number of fused-ring (bicyclic) bond motifs is 1. The molecule has 90 valence electrons. The first-order valence-electron chi connectivity index (χ1n) is 5.77. The Labute approximate surface area is 100 Å². The number of benzene rings is 1. The smallest absolute Gasteiger partial charge is 0.123 e. The predicted octanol–water partition coefficient (Wildman–Crippen LogP) is 3.55. The quantitative estimate of drug-likeness (QED) is 0.860. The number of hydrogen-bond acceptors (Lipinski definition) is 2. The van der Waals surface area contributed by atoms with Crippen LogP contribution in [0.4, 0.5) is 4.39 Å². The maximum atomic E-state index is 13.3. The maximum Gasteiger partial charge on any atom is 0.123 e. The van der Waals surface area contributed by atoms with Crippen LogP contribution in [0.15, 0.2) is 24.4 Å². The highest BCUT2D eigenvalue weighted by Gasteiger charge is 2.15. The zero-order valence-electron chi connectivity index (χ0n) is 10.2. The number of aromatic nitrogens is 1. The summed E-state index contributed by atoms with van der Waals surface area (Å²) in [7, 11) is 0. The minimum atomic E-state index is -0.625. The maximum absolute atomic E-state index is 13.3. The molecule has 0 radical (unpaired) electrons. The van der Waals surface area contributed by atoms with E-state index in [2.05, 4.69) is 4.98 Å². The lowest BCUT2D eigenvalue weighted by atomic mass is 9.93. The van der Waals surface area contributed by atoms with E-state index in [0.29, 0.717) is 10.9 Å². The van der Waals surface area contributed by atoms with E-state index < -0.39 is 6.10 Å². The molecule has 0 aliphatic rings. The van der Waals surface area contributed by atoms with Crippen molar-refractivity contribution in [3.8, 4) is 0 Å². The lowest BCUT2D eigenvalue weighted by molar-refractivity contribution is 0.199. The van der Waals surface area contributed by atoms with Gasteiger partial charge >= 0.3 is 0 Å². The molecule has 0 saturated carbocycles. The normalized spacial score (nSPS) is 13.3. The molecule has 1 atom stereocenters. The average Bonchev–Trinajstić information content (AvgIpc) is 2.26. The SMILES string of the molecule is CC(C)c1cnc2ccc(F)cc2c1C(C)O. The minimum absolute atomic E-state index is 0.250. The molecular weight excluding hydrogens is 217 g/mol. The summed E-state index contributed by atoms with van der Waals surface area (Å²) in [6.45, 7) is 5.77. The first-order valence-corrected chi connectivity index (χ1v) is 5.77. The average molecular weight is 233 g/mol. The third-order valence-electron chi connectivity index (χ3n) is 2.94. The number of aliphatic hydroxyl groups is 1. The van der Waals surface area contributed by atoms with Gasteiger partial charge in [-0.15, -0.1) is 0 Å². The Morgan fingerprint density at radius 2 is 1.94 bits per heavy atom. The molecule has 2 nitrogen and oxygen atoms in total. The number of rotatable bonds is 2. The summed E-state index contributed by atoms with van der Waals surface area (Å²) in [5.74, 6) is -0.0538. The van der Waals surface area contributed by atoms with E-state index >= 15 is 0 Å². The summed E-state index contributed by atoms with van der Waals surface area (Å²) in [5, 5.41) is 10.6. The van der Waals surface area contributed by atoms with Crippen LogP contribution in [0.25, 0.3) is 10.9 Å². The second-order valence-corrected chi connectivity index (χ2v) is 4.62. The van der Waals surface area contributed by atoms with Gasteiger partial charge < -0.3 is 5.11 Å². The van der Waals surface area contributed by atoms with Gasteiger partial charge in [-0.3, -0.25) is 4.98 Å². The molecule has 0 spiro atoms. The van der Waals surface area contributed by atoms with Gasteiger partial charge in [-0.05, 0) is 42.2 Å². The van der Waals surface area contributed by atoms with Crippen LogP contribution in [0.3, 0.4) is 0 Å². The van der Waals surface area contributed by atoms with Crippen molar-refractivity contribution in [3.63, 3.8) is 0 Å². The summed E-state index contributed by atoms with van der Waals surface area (Å²) < 4.78 is 13.3. The Hall–Kier alpha value is -1.48. The third-order valence-corrected chi connectivity index (χ3v) is 2.94. The zero-order chi connectivity index (χ0) is 12.6. The highest BCUT2D eigenvalue weighted by Crippen LogP contribution is 2.31. The number of nitrogens with zero attached hydrogens (tertiary/aromatic N) is 1. The molecule has 1 N–H and O–H groups in total. The van der Waals surface area contributed by atoms with Crippen molar-refractivity contribution in [2.45, 2.75) is 32.8 Å². The molecule has 17 heavy (non-hydrogen) atoms. The van der Waals surface area contributed by atoms with Gasteiger partial charge in [0.05, 0.1) is 11.6 Å². The van der Waals surface area contributed by atoms with E-state index in [0.717, 1.165) is 11.1 Å². The van der Waals surface area contributed by atoms with Crippen molar-refractivity contribution in [2.24, 2.45) is 0 Å². The van der Waals surface area contributed by atoms with Crippen LogP contribution in [0.1, 0.15) is 43.9 Å². The van der Waals surface area contributed by atoms with Crippen LogP contribution in [0.2, 0.25) is 0 Å². The molecule has 0 fully saturated rings. The van der Waals surface area contributed by atoms with Crippen molar-refractivity contribution in [3.05, 3.63) is 41.3 Å². The summed E-state index contributed by atoms with van der Waals surface area (Å²) in [6, 6.07) is 4.47. The number of halogens is 1. The van der Waals surface area contributed by atoms with Gasteiger partial charge in [0, 0.05) is 11.6 Å². The molecule has 1 unspecified atom stereocenters. The lowest BCUT2D eigenvalue weighted by Gasteiger charge is -2.17. The van der Waals surface area contributed by atoms with Crippen molar-refractivity contribution < 1.29 is 9.50 Å². The fraction of sp³-hybridized carbons (Fsp3) is 0.357. The van der Waals surface area contributed by atoms with E-state index in [4.69, 9.17) is 0 Å². The van der Waals surface area contributed by atoms with E-state index in [1.54, 1.807) is 19.2 Å². The van der Waals surface area contributed by atoms with Crippen molar-refractivity contribution in [2.75, 3.05) is 0 Å². The fourth-order valence-electron chi connectivity index (χ4n) is 2.13. The highest BCUT2D eigenvalue weighted by atomic mass is 19.1. The van der Waals surface area contributed by atoms with Crippen LogP contribution in [0.5, 0.6) is 0 Å². The molecule has 0 bridgehead atoms. The second-order valence-electron chi connectivity index (χ2n) is 4.62. The first-order chi connectivity index (χ1) is 8.00. The van der Waals surface area contributed by atoms with Crippen molar-refractivity contribution >= 4 is 10.9 Å². The molecule has 2 aromatic rings. The molecule has 0 aliphatic heterocycles. The third kappa shape index (κ3) is 2.15. The largest absolute Gasteiger partial charge is 0.389 e. The molecule has 1 heterocycles. The monoisotopic (exact) mass is 233 g/mol. The summed E-state index contributed by atoms with van der Waals surface area (Å²) in [6.07, 6.45) is 1.15. The molecular formula is C14H16FNO. The van der Waals surface area contributed by atoms with E-state index in [1.165, 1.54) is 12.1 Å². The summed E-state index contributed by atoms with van der Waals surface area (Å²) in [5.41, 5.74) is 2.47. The van der Waals surface area contributed by atoms with Crippen molar-refractivity contribution in [1.29, 1.82) is 0 Å². The lowest BCUT2D eigenvalue weighted by Crippen LogP contribution is -2.03. The Morgan fingerprint density at radius 3 is 2.53 bits per heavy atom. The standard InChI is InChI=1S/C14H16FNO/c1-8(2)12-7-16-13-5-4-10(15)6-11(13)14(12)9(3)17/h4-9,17H,1-3H3. The van der Waals surface area contributed by atoms with Gasteiger partial charge in [-0.25, -0.2) is 4.39 Å². The fourth-order valence-corrected chi connectivity index (χ4v) is 2.13. The van der Waals surface area contributed by atoms with E-state index in [1.807, 2.05) is 13.8 Å². The predicted molar refractivity (Wildman–Crippen MR) is 66.4 cm³/mol. The van der Waals surface area contributed by atoms with Gasteiger partial charge in [0.1, 0.15) is 5.82 Å². The van der Waals surface area contributed by atoms with Gasteiger partial charge in [-0.1, -0.05) is 13.8 Å². The summed E-state index contributed by atoms with van der Waals surface area (Å²) in [4.78, 5) is 4.31. The zero-order valence-corrected chi connectivity index (χ0v) is 10.2. The van der Waals surface area contributed by atoms with Crippen LogP contribution >= 0.6 is 0 Å². The van der Waals surface area contributed by atoms with Gasteiger partial charge in [0.25, 0.3) is 0 Å². The van der Waals surface area contributed by atoms with E-state index in [-0.39, 0.29) is 11.7 Å². The van der Waals surface area contributed by atoms with Gasteiger partial charge in [0.2, 0.25) is 0 Å². The Balaban J connectivity index is 2.82. The molecule has 1 aromatic heterocycles. The molecule has 1 aromatic carbocycles. The summed E-state index contributed by atoms with van der Waals surface area (Å²) >= 11 is 0. The van der Waals surface area contributed by atoms with Crippen LogP contribution in [-0.2, 0) is 0 Å². The number of pyridine rings is 1. The molecule has 0 saturated heterocycles. The van der Waals surface area contributed by atoms with E-state index in [9.17, 15) is 9.50 Å². The highest BCUT2D eigenvalue weighted by molar-refractivity contribution is 5.83. The van der Waals surface area contributed by atoms with Gasteiger partial charge in [-0.2, -0.15) is 0 Å². The Bertz CT molecular complexity index is 549. The van der Waals surface area contributed by atoms with Gasteiger partial charge in [0.15, 0.2) is 0 Å². The number of aliphatic hydroxyl groups excluding tert-OH is 1. The second kappa shape index (κ2) is 4.41. The number of hydrogen-bond donors (Lipinski definition) is 1. The van der Waals surface area contributed by atoms with Crippen LogP contribution in [0, 0.1) is 5.82 Å². The molecule has 0 amide bonds. The topological polar surface area (TPSA) is 33.1 Å². The van der Waals surface area contributed by atoms with Crippen molar-refractivity contribution in [1.82, 2.24) is 4.98 Å². The first kappa shape index (κ1) is 12.0. The molecule has 2 rings (SSSR count). The molecule has 3 heteroatoms. The Morgan fingerprint density at radius 1 is 1.24 bits per heavy atom. The minimum Gasteiger partial charge on any atom is -0.389 e. The molecule has 0 aliphatic carbocycles. The van der Waals surface area contributed by atoms with Crippen LogP contribution in [-0.4, -0.2) is 10.1 Å². The van der Waals surface area contributed by atoms with Crippen LogP contribution < -0.4 is 0 Å². The Kier molecular flexibility index (Phi) is 3.11.